The third kappa shape index (κ3) is 3.86. The van der Waals surface area contributed by atoms with E-state index in [-0.39, 0.29) is 25.6 Å². The third-order valence-electron chi connectivity index (χ3n) is 2.30. The first-order valence-electron chi connectivity index (χ1n) is 5.06. The molecule has 4 nitrogen and oxygen atoms in total. The average molecular weight is 229 g/mol. The van der Waals surface area contributed by atoms with Crippen LogP contribution >= 0.6 is 0 Å². The average Bonchev–Trinajstić information content (AvgIpc) is 2.31. The van der Waals surface area contributed by atoms with E-state index in [4.69, 9.17) is 10.2 Å². The molecule has 1 aromatic rings. The normalized spacial score (nSPS) is 13.1. The maximum absolute atomic E-state index is 12.6. The highest BCUT2D eigenvalue weighted by Crippen LogP contribution is 2.12. The molecule has 0 saturated carbocycles. The zero-order valence-corrected chi connectivity index (χ0v) is 8.81. The summed E-state index contributed by atoms with van der Waals surface area (Å²) in [6.45, 7) is -0.212. The molecule has 1 unspecified atom stereocenters. The lowest BCUT2D eigenvalue weighted by atomic mass is 10.1. The molecule has 1 rings (SSSR count). The molecule has 0 heterocycles. The van der Waals surface area contributed by atoms with Crippen LogP contribution in [-0.4, -0.2) is 41.1 Å². The molecule has 90 valence electrons. The summed E-state index contributed by atoms with van der Waals surface area (Å²) in [6, 6.07) is 5.08. The smallest absolute Gasteiger partial charge is 0.123 e. The van der Waals surface area contributed by atoms with Crippen molar-refractivity contribution < 1.29 is 19.7 Å². The number of rotatable bonds is 6. The van der Waals surface area contributed by atoms with Crippen LogP contribution in [0.25, 0.3) is 0 Å². The quantitative estimate of drug-likeness (QED) is 0.545. The van der Waals surface area contributed by atoms with Gasteiger partial charge < -0.3 is 20.6 Å². The van der Waals surface area contributed by atoms with E-state index in [1.165, 1.54) is 24.3 Å². The van der Waals surface area contributed by atoms with Gasteiger partial charge in [0.25, 0.3) is 0 Å². The van der Waals surface area contributed by atoms with Crippen LogP contribution in [0.3, 0.4) is 0 Å². The molecule has 0 aromatic heterocycles. The Kier molecular flexibility index (Phi) is 5.34. The molecule has 0 saturated heterocycles. The van der Waals surface area contributed by atoms with Gasteiger partial charge in [-0.15, -0.1) is 0 Å². The highest BCUT2D eigenvalue weighted by atomic mass is 19.1. The molecule has 5 heteroatoms. The molecule has 16 heavy (non-hydrogen) atoms. The Morgan fingerprint density at radius 3 is 2.19 bits per heavy atom. The molecule has 0 fully saturated rings. The lowest BCUT2D eigenvalue weighted by Crippen LogP contribution is -2.38. The third-order valence-corrected chi connectivity index (χ3v) is 2.30. The van der Waals surface area contributed by atoms with Crippen molar-refractivity contribution in [2.75, 3.05) is 19.8 Å². The number of aliphatic hydroxyl groups excluding tert-OH is 3. The topological polar surface area (TPSA) is 72.7 Å². The van der Waals surface area contributed by atoms with Crippen molar-refractivity contribution in [1.82, 2.24) is 5.32 Å². The van der Waals surface area contributed by atoms with Gasteiger partial charge in [0.2, 0.25) is 0 Å². The van der Waals surface area contributed by atoms with E-state index in [2.05, 4.69) is 5.32 Å². The maximum atomic E-state index is 12.6. The van der Waals surface area contributed by atoms with Gasteiger partial charge in [-0.1, -0.05) is 12.1 Å². The number of hydrogen-bond acceptors (Lipinski definition) is 4. The fraction of sp³-hybridized carbons (Fsp3) is 0.455. The first kappa shape index (κ1) is 13.1. The fourth-order valence-electron chi connectivity index (χ4n) is 1.27. The second-order valence-electron chi connectivity index (χ2n) is 3.54. The minimum Gasteiger partial charge on any atom is -0.395 e. The van der Waals surface area contributed by atoms with Crippen LogP contribution in [0.1, 0.15) is 11.7 Å². The maximum Gasteiger partial charge on any atom is 0.123 e. The van der Waals surface area contributed by atoms with E-state index >= 15 is 0 Å². The van der Waals surface area contributed by atoms with Gasteiger partial charge in [-0.05, 0) is 17.7 Å². The lowest BCUT2D eigenvalue weighted by molar-refractivity contribution is 0.135. The van der Waals surface area contributed by atoms with Gasteiger partial charge in [0, 0.05) is 6.54 Å². The second kappa shape index (κ2) is 6.55. The standard InChI is InChI=1S/C11H16FNO3/c12-9-3-1-8(2-4-9)11(16)5-13-10(6-14)7-15/h1-4,10-11,13-16H,5-7H2. The van der Waals surface area contributed by atoms with Gasteiger partial charge in [-0.25, -0.2) is 4.39 Å². The molecule has 1 aromatic carbocycles. The Hall–Kier alpha value is -1.01. The minimum absolute atomic E-state index is 0.192. The first-order chi connectivity index (χ1) is 7.67. The largest absolute Gasteiger partial charge is 0.395 e. The summed E-state index contributed by atoms with van der Waals surface area (Å²) in [4.78, 5) is 0. The predicted molar refractivity (Wildman–Crippen MR) is 57.3 cm³/mol. The minimum atomic E-state index is -0.791. The van der Waals surface area contributed by atoms with Crippen molar-refractivity contribution in [3.8, 4) is 0 Å². The van der Waals surface area contributed by atoms with Gasteiger partial charge >= 0.3 is 0 Å². The summed E-state index contributed by atoms with van der Waals surface area (Å²) in [6.07, 6.45) is -0.791. The van der Waals surface area contributed by atoms with E-state index in [1.54, 1.807) is 0 Å². The zero-order valence-electron chi connectivity index (χ0n) is 8.81. The van der Waals surface area contributed by atoms with Crippen molar-refractivity contribution in [2.45, 2.75) is 12.1 Å². The van der Waals surface area contributed by atoms with Crippen LogP contribution in [0.15, 0.2) is 24.3 Å². The van der Waals surface area contributed by atoms with E-state index in [9.17, 15) is 9.50 Å². The summed E-state index contributed by atoms with van der Waals surface area (Å²) < 4.78 is 12.6. The Morgan fingerprint density at radius 2 is 1.69 bits per heavy atom. The van der Waals surface area contributed by atoms with Crippen molar-refractivity contribution >= 4 is 0 Å². The summed E-state index contributed by atoms with van der Waals surface area (Å²) in [5, 5.41) is 30.1. The van der Waals surface area contributed by atoms with Gasteiger partial charge in [-0.2, -0.15) is 0 Å². The van der Waals surface area contributed by atoms with Crippen LogP contribution in [0.2, 0.25) is 0 Å². The Bertz CT molecular complexity index is 301. The van der Waals surface area contributed by atoms with Crippen LogP contribution < -0.4 is 5.32 Å². The van der Waals surface area contributed by atoms with Gasteiger partial charge in [0.05, 0.1) is 25.4 Å². The molecular formula is C11H16FNO3. The van der Waals surface area contributed by atoms with Crippen LogP contribution in [0, 0.1) is 5.82 Å². The molecule has 1 atom stereocenters. The summed E-state index contributed by atoms with van der Waals surface area (Å²) in [5.41, 5.74) is 0.587. The van der Waals surface area contributed by atoms with E-state index in [1.807, 2.05) is 0 Å². The predicted octanol–water partition coefficient (Wildman–Crippen LogP) is -0.198. The van der Waals surface area contributed by atoms with Crippen molar-refractivity contribution in [1.29, 1.82) is 0 Å². The fourth-order valence-corrected chi connectivity index (χ4v) is 1.27. The van der Waals surface area contributed by atoms with E-state index in [0.717, 1.165) is 0 Å². The zero-order chi connectivity index (χ0) is 12.0. The summed E-state index contributed by atoms with van der Waals surface area (Å²) in [7, 11) is 0. The lowest BCUT2D eigenvalue weighted by Gasteiger charge is -2.17. The molecule has 0 aliphatic heterocycles. The number of hydrogen-bond donors (Lipinski definition) is 4. The SMILES string of the molecule is OCC(CO)NCC(O)c1ccc(F)cc1. The number of halogens is 1. The Balaban J connectivity index is 2.46. The van der Waals surface area contributed by atoms with Gasteiger partial charge in [0.1, 0.15) is 5.82 Å². The van der Waals surface area contributed by atoms with E-state index in [0.29, 0.717) is 5.56 Å². The molecule has 0 spiro atoms. The molecule has 4 N–H and O–H groups in total. The van der Waals surface area contributed by atoms with Crippen molar-refractivity contribution in [3.05, 3.63) is 35.6 Å². The molecule has 0 bridgehead atoms. The molecule has 0 aliphatic carbocycles. The van der Waals surface area contributed by atoms with Crippen LogP contribution in [-0.2, 0) is 0 Å². The monoisotopic (exact) mass is 229 g/mol. The number of aliphatic hydroxyl groups is 3. The number of nitrogens with one attached hydrogen (secondary N) is 1. The molecule has 0 aliphatic rings. The second-order valence-corrected chi connectivity index (χ2v) is 3.54. The number of benzene rings is 1. The van der Waals surface area contributed by atoms with Crippen molar-refractivity contribution in [2.24, 2.45) is 0 Å². The van der Waals surface area contributed by atoms with Crippen molar-refractivity contribution in [3.63, 3.8) is 0 Å². The Labute approximate surface area is 93.4 Å². The summed E-state index contributed by atoms with van der Waals surface area (Å²) in [5.74, 6) is -0.354. The molecule has 0 radical (unpaired) electrons. The highest BCUT2D eigenvalue weighted by molar-refractivity contribution is 5.18. The molecule has 0 amide bonds. The summed E-state index contributed by atoms with van der Waals surface area (Å²) >= 11 is 0. The molecular weight excluding hydrogens is 213 g/mol. The van der Waals surface area contributed by atoms with Gasteiger partial charge in [-0.3, -0.25) is 0 Å². The highest BCUT2D eigenvalue weighted by Gasteiger charge is 2.10. The van der Waals surface area contributed by atoms with E-state index < -0.39 is 12.1 Å². The Morgan fingerprint density at radius 1 is 1.12 bits per heavy atom. The first-order valence-corrected chi connectivity index (χ1v) is 5.06. The van der Waals surface area contributed by atoms with Crippen LogP contribution in [0.5, 0.6) is 0 Å². The van der Waals surface area contributed by atoms with Gasteiger partial charge in [0.15, 0.2) is 0 Å². The van der Waals surface area contributed by atoms with Crippen LogP contribution in [0.4, 0.5) is 4.39 Å².